The molecule has 0 saturated carbocycles. The lowest BCUT2D eigenvalue weighted by molar-refractivity contribution is -0.125. The zero-order chi connectivity index (χ0) is 16.1. The fourth-order valence-electron chi connectivity index (χ4n) is 2.23. The standard InChI is InChI=1S/C15H30NO4P/c1-3-15(17)16(4-2)13-11-9-7-5-6-8-10-12-14-21(18,19)20/h3H,1,4-14H2,2H3,(H2,18,19,20). The minimum atomic E-state index is -3.80. The Morgan fingerprint density at radius 1 is 1.05 bits per heavy atom. The topological polar surface area (TPSA) is 77.8 Å². The molecule has 0 bridgehead atoms. The number of carbonyl (C=O) groups excluding carboxylic acids is 1. The lowest BCUT2D eigenvalue weighted by atomic mass is 10.1. The summed E-state index contributed by atoms with van der Waals surface area (Å²) in [5.41, 5.74) is 0. The second-order valence-electron chi connectivity index (χ2n) is 5.34. The molecule has 1 amide bonds. The van der Waals surface area contributed by atoms with Gasteiger partial charge < -0.3 is 14.7 Å². The van der Waals surface area contributed by atoms with Crippen LogP contribution in [0.15, 0.2) is 12.7 Å². The van der Waals surface area contributed by atoms with Crippen molar-refractivity contribution >= 4 is 13.5 Å². The van der Waals surface area contributed by atoms with Crippen LogP contribution in [0.2, 0.25) is 0 Å². The Morgan fingerprint density at radius 3 is 1.95 bits per heavy atom. The van der Waals surface area contributed by atoms with Gasteiger partial charge in [-0.3, -0.25) is 9.36 Å². The van der Waals surface area contributed by atoms with Crippen LogP contribution in [0.25, 0.3) is 0 Å². The van der Waals surface area contributed by atoms with Crippen LogP contribution in [-0.4, -0.2) is 39.8 Å². The van der Waals surface area contributed by atoms with Gasteiger partial charge in [-0.25, -0.2) is 0 Å². The molecule has 0 heterocycles. The normalized spacial score (nSPS) is 11.4. The molecule has 0 atom stereocenters. The predicted octanol–water partition coefficient (Wildman–Crippen LogP) is 3.32. The summed E-state index contributed by atoms with van der Waals surface area (Å²) in [5, 5.41) is 0. The quantitative estimate of drug-likeness (QED) is 0.310. The van der Waals surface area contributed by atoms with Gasteiger partial charge in [-0.2, -0.15) is 0 Å². The van der Waals surface area contributed by atoms with Crippen LogP contribution < -0.4 is 0 Å². The Kier molecular flexibility index (Phi) is 11.6. The average molecular weight is 319 g/mol. The fourth-order valence-corrected chi connectivity index (χ4v) is 2.87. The number of likely N-dealkylation sites (N-methyl/N-ethyl adjacent to an activating group) is 1. The molecule has 6 heteroatoms. The highest BCUT2D eigenvalue weighted by molar-refractivity contribution is 7.51. The molecule has 0 rings (SSSR count). The van der Waals surface area contributed by atoms with Gasteiger partial charge in [-0.15, -0.1) is 0 Å². The van der Waals surface area contributed by atoms with Crippen molar-refractivity contribution in [2.24, 2.45) is 0 Å². The van der Waals surface area contributed by atoms with Crippen LogP contribution >= 0.6 is 7.60 Å². The summed E-state index contributed by atoms with van der Waals surface area (Å²) < 4.78 is 10.6. The van der Waals surface area contributed by atoms with E-state index in [-0.39, 0.29) is 12.1 Å². The largest absolute Gasteiger partial charge is 0.339 e. The Hall–Kier alpha value is -0.640. The van der Waals surface area contributed by atoms with Crippen LogP contribution in [0.5, 0.6) is 0 Å². The van der Waals surface area contributed by atoms with E-state index in [2.05, 4.69) is 6.58 Å². The maximum absolute atomic E-state index is 11.4. The van der Waals surface area contributed by atoms with Gasteiger partial charge >= 0.3 is 7.60 Å². The van der Waals surface area contributed by atoms with Crippen LogP contribution in [-0.2, 0) is 9.36 Å². The molecule has 0 aliphatic carbocycles. The van der Waals surface area contributed by atoms with E-state index in [9.17, 15) is 9.36 Å². The van der Waals surface area contributed by atoms with Gasteiger partial charge in [0.15, 0.2) is 0 Å². The van der Waals surface area contributed by atoms with E-state index in [0.29, 0.717) is 6.42 Å². The number of unbranched alkanes of at least 4 members (excludes halogenated alkanes) is 7. The van der Waals surface area contributed by atoms with Gasteiger partial charge in [0.05, 0.1) is 0 Å². The molecule has 0 spiro atoms. The van der Waals surface area contributed by atoms with E-state index >= 15 is 0 Å². The van der Waals surface area contributed by atoms with Gasteiger partial charge in [-0.05, 0) is 25.8 Å². The first-order chi connectivity index (χ1) is 9.90. The van der Waals surface area contributed by atoms with Crippen molar-refractivity contribution in [3.63, 3.8) is 0 Å². The summed E-state index contributed by atoms with van der Waals surface area (Å²) in [7, 11) is -3.80. The van der Waals surface area contributed by atoms with E-state index in [4.69, 9.17) is 9.79 Å². The molecule has 0 aromatic carbocycles. The van der Waals surface area contributed by atoms with Crippen molar-refractivity contribution in [1.82, 2.24) is 4.90 Å². The van der Waals surface area contributed by atoms with Crippen LogP contribution in [0.1, 0.15) is 58.3 Å². The minimum absolute atomic E-state index is 0.00237. The Labute approximate surface area is 128 Å². The van der Waals surface area contributed by atoms with Crippen molar-refractivity contribution in [3.8, 4) is 0 Å². The molecule has 124 valence electrons. The van der Waals surface area contributed by atoms with E-state index in [0.717, 1.165) is 58.0 Å². The fraction of sp³-hybridized carbons (Fsp3) is 0.800. The summed E-state index contributed by atoms with van der Waals surface area (Å²) in [6, 6.07) is 0. The molecule has 0 aromatic rings. The van der Waals surface area contributed by atoms with Gasteiger partial charge in [-0.1, -0.05) is 45.1 Å². The predicted molar refractivity (Wildman–Crippen MR) is 86.3 cm³/mol. The van der Waals surface area contributed by atoms with Crippen molar-refractivity contribution < 1.29 is 19.1 Å². The third-order valence-corrected chi connectivity index (χ3v) is 4.39. The third kappa shape index (κ3) is 12.8. The summed E-state index contributed by atoms with van der Waals surface area (Å²) in [4.78, 5) is 30.7. The zero-order valence-corrected chi connectivity index (χ0v) is 14.1. The number of nitrogens with zero attached hydrogens (tertiary/aromatic N) is 1. The first-order valence-corrected chi connectivity index (χ1v) is 9.66. The number of hydrogen-bond donors (Lipinski definition) is 2. The maximum atomic E-state index is 11.4. The smallest absolute Gasteiger partial charge is 0.325 e. The van der Waals surface area contributed by atoms with Crippen molar-refractivity contribution in [1.29, 1.82) is 0 Å². The molecule has 0 aliphatic rings. The van der Waals surface area contributed by atoms with E-state index in [1.54, 1.807) is 4.90 Å². The Balaban J connectivity index is 3.38. The van der Waals surface area contributed by atoms with Gasteiger partial charge in [0.1, 0.15) is 0 Å². The molecular formula is C15H30NO4P. The maximum Gasteiger partial charge on any atom is 0.325 e. The van der Waals surface area contributed by atoms with Gasteiger partial charge in [0, 0.05) is 19.3 Å². The number of rotatable bonds is 13. The first kappa shape index (κ1) is 20.4. The van der Waals surface area contributed by atoms with Crippen molar-refractivity contribution in [3.05, 3.63) is 12.7 Å². The number of carbonyl (C=O) groups is 1. The van der Waals surface area contributed by atoms with Gasteiger partial charge in [0.25, 0.3) is 0 Å². The highest BCUT2D eigenvalue weighted by Gasteiger charge is 2.11. The molecule has 0 fully saturated rings. The van der Waals surface area contributed by atoms with Crippen LogP contribution in [0.3, 0.4) is 0 Å². The number of amides is 1. The second-order valence-corrected chi connectivity index (χ2v) is 7.12. The molecule has 2 N–H and O–H groups in total. The molecule has 21 heavy (non-hydrogen) atoms. The monoisotopic (exact) mass is 319 g/mol. The molecule has 0 aliphatic heterocycles. The van der Waals surface area contributed by atoms with Gasteiger partial charge in [0.2, 0.25) is 5.91 Å². The second kappa shape index (κ2) is 12.0. The Morgan fingerprint density at radius 2 is 1.52 bits per heavy atom. The van der Waals surface area contributed by atoms with Crippen molar-refractivity contribution in [2.75, 3.05) is 19.3 Å². The third-order valence-electron chi connectivity index (χ3n) is 3.50. The summed E-state index contributed by atoms with van der Waals surface area (Å²) in [5.74, 6) is 0.00237. The zero-order valence-electron chi connectivity index (χ0n) is 13.2. The van der Waals surface area contributed by atoms with Crippen LogP contribution in [0.4, 0.5) is 0 Å². The molecule has 0 aromatic heterocycles. The van der Waals surface area contributed by atoms with Crippen molar-refractivity contribution in [2.45, 2.75) is 58.3 Å². The summed E-state index contributed by atoms with van der Waals surface area (Å²) in [6.07, 6.45) is 9.46. The molecular weight excluding hydrogens is 289 g/mol. The summed E-state index contributed by atoms with van der Waals surface area (Å²) in [6.45, 7) is 6.99. The lowest BCUT2D eigenvalue weighted by Gasteiger charge is -2.18. The average Bonchev–Trinajstić information content (AvgIpc) is 2.43. The van der Waals surface area contributed by atoms with E-state index in [1.165, 1.54) is 6.08 Å². The number of hydrogen-bond acceptors (Lipinski definition) is 2. The molecule has 5 nitrogen and oxygen atoms in total. The SMILES string of the molecule is C=CC(=O)N(CC)CCCCCCCCCCP(=O)(O)O. The summed E-state index contributed by atoms with van der Waals surface area (Å²) >= 11 is 0. The molecule has 0 radical (unpaired) electrons. The highest BCUT2D eigenvalue weighted by atomic mass is 31.2. The van der Waals surface area contributed by atoms with E-state index in [1.807, 2.05) is 6.92 Å². The Bertz CT molecular complexity index is 341. The molecule has 0 saturated heterocycles. The highest BCUT2D eigenvalue weighted by Crippen LogP contribution is 2.35. The van der Waals surface area contributed by atoms with E-state index < -0.39 is 7.60 Å². The van der Waals surface area contributed by atoms with Crippen LogP contribution in [0, 0.1) is 0 Å². The minimum Gasteiger partial charge on any atom is -0.339 e. The lowest BCUT2D eigenvalue weighted by Crippen LogP contribution is -2.29. The molecule has 0 unspecified atom stereocenters. The first-order valence-electron chi connectivity index (χ1n) is 7.86.